The second kappa shape index (κ2) is 5.64. The largest absolute Gasteiger partial charge is 0.466 e. The van der Waals surface area contributed by atoms with E-state index in [0.29, 0.717) is 13.2 Å². The SMILES string of the molecule is CCOC(=O)C1CCCN(c2nc3cc4c(cc3[nH]2)OCO4)C1. The Morgan fingerprint density at radius 2 is 2.26 bits per heavy atom. The molecule has 122 valence electrons. The maximum atomic E-state index is 12.0. The summed E-state index contributed by atoms with van der Waals surface area (Å²) in [7, 11) is 0. The Bertz CT molecular complexity index is 701. The molecule has 1 aromatic heterocycles. The van der Waals surface area contributed by atoms with Crippen molar-refractivity contribution in [2.24, 2.45) is 5.92 Å². The number of carbonyl (C=O) groups is 1. The summed E-state index contributed by atoms with van der Waals surface area (Å²) in [5.74, 6) is 2.02. The van der Waals surface area contributed by atoms with E-state index in [-0.39, 0.29) is 18.7 Å². The molecule has 2 aliphatic rings. The van der Waals surface area contributed by atoms with Gasteiger partial charge in [-0.15, -0.1) is 0 Å². The summed E-state index contributed by atoms with van der Waals surface area (Å²) in [5.41, 5.74) is 1.74. The number of anilines is 1. The summed E-state index contributed by atoms with van der Waals surface area (Å²) < 4.78 is 15.9. The maximum Gasteiger partial charge on any atom is 0.310 e. The molecule has 0 bridgehead atoms. The van der Waals surface area contributed by atoms with Crippen molar-refractivity contribution in [2.75, 3.05) is 31.4 Å². The molecule has 1 fully saturated rings. The number of imidazole rings is 1. The fourth-order valence-corrected chi connectivity index (χ4v) is 3.16. The Balaban J connectivity index is 1.57. The van der Waals surface area contributed by atoms with Crippen molar-refractivity contribution < 1.29 is 19.0 Å². The van der Waals surface area contributed by atoms with Gasteiger partial charge in [0.2, 0.25) is 12.7 Å². The number of rotatable bonds is 3. The summed E-state index contributed by atoms with van der Waals surface area (Å²) in [4.78, 5) is 22.0. The molecule has 1 N–H and O–H groups in total. The number of carbonyl (C=O) groups excluding carboxylic acids is 1. The van der Waals surface area contributed by atoms with Gasteiger partial charge >= 0.3 is 5.97 Å². The summed E-state index contributed by atoms with van der Waals surface area (Å²) in [5, 5.41) is 0. The van der Waals surface area contributed by atoms with E-state index in [4.69, 9.17) is 14.2 Å². The highest BCUT2D eigenvalue weighted by Crippen LogP contribution is 2.36. The van der Waals surface area contributed by atoms with Crippen LogP contribution < -0.4 is 14.4 Å². The Morgan fingerprint density at radius 3 is 3.09 bits per heavy atom. The van der Waals surface area contributed by atoms with Crippen LogP contribution in [0.3, 0.4) is 0 Å². The van der Waals surface area contributed by atoms with Crippen molar-refractivity contribution in [1.29, 1.82) is 0 Å². The predicted octanol–water partition coefficient (Wildman–Crippen LogP) is 2.07. The topological polar surface area (TPSA) is 76.7 Å². The molecule has 1 atom stereocenters. The maximum absolute atomic E-state index is 12.0. The monoisotopic (exact) mass is 317 g/mol. The quantitative estimate of drug-likeness (QED) is 0.873. The Labute approximate surface area is 133 Å². The van der Waals surface area contributed by atoms with E-state index in [1.54, 1.807) is 0 Å². The lowest BCUT2D eigenvalue weighted by Crippen LogP contribution is -2.40. The van der Waals surface area contributed by atoms with Crippen LogP contribution in [-0.2, 0) is 9.53 Å². The minimum atomic E-state index is -0.117. The van der Waals surface area contributed by atoms with Gasteiger partial charge in [-0.05, 0) is 19.8 Å². The van der Waals surface area contributed by atoms with Crippen LogP contribution in [0.25, 0.3) is 11.0 Å². The molecule has 4 rings (SSSR count). The van der Waals surface area contributed by atoms with Crippen molar-refractivity contribution >= 4 is 23.0 Å². The summed E-state index contributed by atoms with van der Waals surface area (Å²) in [6, 6.07) is 3.78. The Morgan fingerprint density at radius 1 is 1.43 bits per heavy atom. The molecule has 1 aromatic carbocycles. The number of aromatic amines is 1. The molecule has 7 heteroatoms. The van der Waals surface area contributed by atoms with Crippen LogP contribution in [0.1, 0.15) is 19.8 Å². The summed E-state index contributed by atoms with van der Waals surface area (Å²) in [6.45, 7) is 4.02. The molecule has 3 heterocycles. The number of esters is 1. The molecule has 0 spiro atoms. The fraction of sp³-hybridized carbons (Fsp3) is 0.500. The van der Waals surface area contributed by atoms with E-state index in [1.807, 2.05) is 19.1 Å². The van der Waals surface area contributed by atoms with Gasteiger partial charge in [0.15, 0.2) is 11.5 Å². The van der Waals surface area contributed by atoms with E-state index in [2.05, 4.69) is 14.9 Å². The van der Waals surface area contributed by atoms with Crippen molar-refractivity contribution in [3.8, 4) is 11.5 Å². The number of fused-ring (bicyclic) bond motifs is 2. The van der Waals surface area contributed by atoms with E-state index >= 15 is 0 Å². The highest BCUT2D eigenvalue weighted by atomic mass is 16.7. The molecule has 2 aliphatic heterocycles. The number of aromatic nitrogens is 2. The first-order valence-corrected chi connectivity index (χ1v) is 7.95. The van der Waals surface area contributed by atoms with Crippen LogP contribution in [-0.4, -0.2) is 42.4 Å². The van der Waals surface area contributed by atoms with Crippen molar-refractivity contribution in [3.63, 3.8) is 0 Å². The van der Waals surface area contributed by atoms with Crippen LogP contribution >= 0.6 is 0 Å². The van der Waals surface area contributed by atoms with Crippen LogP contribution in [0.5, 0.6) is 11.5 Å². The minimum absolute atomic E-state index is 0.0893. The smallest absolute Gasteiger partial charge is 0.310 e. The average molecular weight is 317 g/mol. The summed E-state index contributed by atoms with van der Waals surface area (Å²) >= 11 is 0. The molecule has 23 heavy (non-hydrogen) atoms. The molecule has 1 unspecified atom stereocenters. The van der Waals surface area contributed by atoms with Crippen molar-refractivity contribution in [1.82, 2.24) is 9.97 Å². The van der Waals surface area contributed by atoms with Gasteiger partial charge < -0.3 is 24.1 Å². The number of nitrogens with one attached hydrogen (secondary N) is 1. The van der Waals surface area contributed by atoms with Crippen LogP contribution in [0, 0.1) is 5.92 Å². The molecular weight excluding hydrogens is 298 g/mol. The molecular formula is C16H19N3O4. The molecule has 7 nitrogen and oxygen atoms in total. The second-order valence-corrected chi connectivity index (χ2v) is 5.82. The van der Waals surface area contributed by atoms with Crippen LogP contribution in [0.15, 0.2) is 12.1 Å². The number of piperidine rings is 1. The lowest BCUT2D eigenvalue weighted by Gasteiger charge is -2.31. The zero-order valence-corrected chi connectivity index (χ0v) is 13.0. The molecule has 0 amide bonds. The fourth-order valence-electron chi connectivity index (χ4n) is 3.16. The number of hydrogen-bond acceptors (Lipinski definition) is 6. The first kappa shape index (κ1) is 14.2. The van der Waals surface area contributed by atoms with Gasteiger partial charge in [-0.25, -0.2) is 4.98 Å². The van der Waals surface area contributed by atoms with E-state index < -0.39 is 0 Å². The van der Waals surface area contributed by atoms with E-state index in [0.717, 1.165) is 47.9 Å². The third-order valence-corrected chi connectivity index (χ3v) is 4.30. The molecule has 1 saturated heterocycles. The van der Waals surface area contributed by atoms with Gasteiger partial charge in [0.05, 0.1) is 23.6 Å². The number of ether oxygens (including phenoxy) is 3. The normalized spacial score (nSPS) is 20.0. The molecule has 0 radical (unpaired) electrons. The highest BCUT2D eigenvalue weighted by molar-refractivity contribution is 5.82. The number of H-pyrrole nitrogens is 1. The van der Waals surface area contributed by atoms with Gasteiger partial charge in [0.25, 0.3) is 0 Å². The van der Waals surface area contributed by atoms with Crippen molar-refractivity contribution in [3.05, 3.63) is 12.1 Å². The van der Waals surface area contributed by atoms with Crippen LogP contribution in [0.4, 0.5) is 5.95 Å². The predicted molar refractivity (Wildman–Crippen MR) is 83.8 cm³/mol. The Kier molecular flexibility index (Phi) is 3.48. The lowest BCUT2D eigenvalue weighted by molar-refractivity contribution is -0.148. The summed E-state index contributed by atoms with van der Waals surface area (Å²) in [6.07, 6.45) is 1.81. The average Bonchev–Trinajstić information content (AvgIpc) is 3.18. The molecule has 0 aliphatic carbocycles. The molecule has 0 saturated carbocycles. The number of nitrogens with zero attached hydrogens (tertiary/aromatic N) is 2. The van der Waals surface area contributed by atoms with Gasteiger partial charge in [-0.2, -0.15) is 0 Å². The van der Waals surface area contributed by atoms with Gasteiger partial charge in [0, 0.05) is 25.2 Å². The van der Waals surface area contributed by atoms with Crippen molar-refractivity contribution in [2.45, 2.75) is 19.8 Å². The molecule has 2 aromatic rings. The van der Waals surface area contributed by atoms with Gasteiger partial charge in [-0.1, -0.05) is 0 Å². The van der Waals surface area contributed by atoms with E-state index in [9.17, 15) is 4.79 Å². The van der Waals surface area contributed by atoms with Crippen LogP contribution in [0.2, 0.25) is 0 Å². The first-order chi connectivity index (χ1) is 11.2. The zero-order valence-electron chi connectivity index (χ0n) is 13.0. The highest BCUT2D eigenvalue weighted by Gasteiger charge is 2.28. The third kappa shape index (κ3) is 2.56. The number of hydrogen-bond donors (Lipinski definition) is 1. The number of benzene rings is 1. The van der Waals surface area contributed by atoms with E-state index in [1.165, 1.54) is 0 Å². The minimum Gasteiger partial charge on any atom is -0.466 e. The second-order valence-electron chi connectivity index (χ2n) is 5.82. The van der Waals surface area contributed by atoms with Gasteiger partial charge in [-0.3, -0.25) is 4.79 Å². The first-order valence-electron chi connectivity index (χ1n) is 7.95. The standard InChI is InChI=1S/C16H19N3O4/c1-2-21-15(20)10-4-3-5-19(8-10)16-17-11-6-13-14(23-9-22-13)7-12(11)18-16/h6-7,10H,2-5,8-9H2,1H3,(H,17,18). The Hall–Kier alpha value is -2.44. The zero-order chi connectivity index (χ0) is 15.8. The van der Waals surface area contributed by atoms with Gasteiger partial charge in [0.1, 0.15) is 0 Å². The lowest BCUT2D eigenvalue weighted by atomic mass is 9.98. The third-order valence-electron chi connectivity index (χ3n) is 4.30.